The van der Waals surface area contributed by atoms with Gasteiger partial charge in [-0.2, -0.15) is 0 Å². The number of nitrogens with zero attached hydrogens (tertiary/aromatic N) is 1. The van der Waals surface area contributed by atoms with Gasteiger partial charge in [0.25, 0.3) is 5.69 Å². The molecule has 4 nitrogen and oxygen atoms in total. The molecule has 0 amide bonds. The molecule has 16 heavy (non-hydrogen) atoms. The highest BCUT2D eigenvalue weighted by molar-refractivity contribution is 5.33. The molecule has 1 aromatic rings. The normalized spacial score (nSPS) is 16.5. The second-order valence-corrected chi connectivity index (χ2v) is 4.41. The lowest BCUT2D eigenvalue weighted by Gasteiger charge is -2.07. The zero-order valence-electron chi connectivity index (χ0n) is 9.26. The topological polar surface area (TPSA) is 59.8 Å². The minimum Gasteiger partial charge on any atom is -0.340 e. The molecular formula is C12H17N2O2+. The second-order valence-electron chi connectivity index (χ2n) is 4.41. The van der Waals surface area contributed by atoms with E-state index in [9.17, 15) is 10.1 Å². The largest absolute Gasteiger partial charge is 0.340 e. The second kappa shape index (κ2) is 5.07. The summed E-state index contributed by atoms with van der Waals surface area (Å²) >= 11 is 0. The van der Waals surface area contributed by atoms with Gasteiger partial charge in [0.1, 0.15) is 6.54 Å². The van der Waals surface area contributed by atoms with E-state index in [-0.39, 0.29) is 10.6 Å². The molecule has 0 aromatic heterocycles. The summed E-state index contributed by atoms with van der Waals surface area (Å²) in [4.78, 5) is 10.3. The van der Waals surface area contributed by atoms with Gasteiger partial charge in [-0.15, -0.1) is 0 Å². The summed E-state index contributed by atoms with van der Waals surface area (Å²) in [6, 6.07) is 7.65. The number of non-ortho nitro benzene ring substituents is 1. The van der Waals surface area contributed by atoms with E-state index >= 15 is 0 Å². The minimum atomic E-state index is -0.334. The van der Waals surface area contributed by atoms with E-state index in [0.717, 1.165) is 18.2 Å². The highest BCUT2D eigenvalue weighted by Crippen LogP contribution is 2.15. The Labute approximate surface area is 94.8 Å². The van der Waals surface area contributed by atoms with Crippen molar-refractivity contribution in [3.63, 3.8) is 0 Å². The van der Waals surface area contributed by atoms with Crippen molar-refractivity contribution in [2.45, 2.75) is 38.3 Å². The molecule has 0 spiro atoms. The van der Waals surface area contributed by atoms with Crippen LogP contribution in [0.5, 0.6) is 0 Å². The molecule has 1 aliphatic rings. The van der Waals surface area contributed by atoms with Gasteiger partial charge in [-0.3, -0.25) is 10.1 Å². The number of quaternary nitrogens is 1. The van der Waals surface area contributed by atoms with Crippen molar-refractivity contribution in [2.75, 3.05) is 0 Å². The maximum Gasteiger partial charge on any atom is 0.269 e. The van der Waals surface area contributed by atoms with Gasteiger partial charge >= 0.3 is 0 Å². The number of hydrogen-bond acceptors (Lipinski definition) is 2. The lowest BCUT2D eigenvalue weighted by molar-refractivity contribution is -0.703. The van der Waals surface area contributed by atoms with Gasteiger partial charge in [0.15, 0.2) is 0 Å². The third-order valence-electron chi connectivity index (χ3n) is 3.21. The fourth-order valence-electron chi connectivity index (χ4n) is 2.29. The van der Waals surface area contributed by atoms with Crippen molar-refractivity contribution in [1.29, 1.82) is 0 Å². The molecule has 86 valence electrons. The van der Waals surface area contributed by atoms with Gasteiger partial charge in [-0.25, -0.2) is 0 Å². The van der Waals surface area contributed by atoms with Crippen LogP contribution in [0.25, 0.3) is 0 Å². The maximum atomic E-state index is 10.6. The number of rotatable bonds is 4. The van der Waals surface area contributed by atoms with Gasteiger partial charge < -0.3 is 5.32 Å². The Morgan fingerprint density at radius 1 is 1.38 bits per heavy atom. The van der Waals surface area contributed by atoms with Crippen LogP contribution >= 0.6 is 0 Å². The molecule has 2 rings (SSSR count). The zero-order valence-corrected chi connectivity index (χ0v) is 9.26. The van der Waals surface area contributed by atoms with E-state index in [2.05, 4.69) is 5.32 Å². The molecule has 1 aliphatic carbocycles. The standard InChI is InChI=1S/C12H16N2O2/c15-14(16)12-7-3-4-10(8-12)9-13-11-5-1-2-6-11/h3-4,7-8,11,13H,1-2,5-6,9H2/p+1. The van der Waals surface area contributed by atoms with Crippen LogP contribution in [-0.2, 0) is 6.54 Å². The van der Waals surface area contributed by atoms with Gasteiger partial charge in [-0.1, -0.05) is 12.1 Å². The van der Waals surface area contributed by atoms with Crippen LogP contribution in [0, 0.1) is 10.1 Å². The van der Waals surface area contributed by atoms with Gasteiger partial charge in [0.2, 0.25) is 0 Å². The fourth-order valence-corrected chi connectivity index (χ4v) is 2.29. The van der Waals surface area contributed by atoms with Crippen LogP contribution in [0.3, 0.4) is 0 Å². The Morgan fingerprint density at radius 3 is 2.81 bits per heavy atom. The van der Waals surface area contributed by atoms with Crippen LogP contribution < -0.4 is 5.32 Å². The van der Waals surface area contributed by atoms with Crippen molar-refractivity contribution >= 4 is 5.69 Å². The first kappa shape index (κ1) is 11.1. The average molecular weight is 221 g/mol. The SMILES string of the molecule is O=[N+]([O-])c1cccc(C[NH2+]C2CCCC2)c1. The Bertz CT molecular complexity index is 373. The lowest BCUT2D eigenvalue weighted by atomic mass is 10.2. The number of hydrogen-bond donors (Lipinski definition) is 1. The van der Waals surface area contributed by atoms with Crippen molar-refractivity contribution < 1.29 is 10.2 Å². The molecule has 1 fully saturated rings. The summed E-state index contributed by atoms with van der Waals surface area (Å²) < 4.78 is 0. The summed E-state index contributed by atoms with van der Waals surface area (Å²) in [5, 5.41) is 12.9. The summed E-state index contributed by atoms with van der Waals surface area (Å²) in [6.45, 7) is 0.854. The van der Waals surface area contributed by atoms with E-state index in [1.54, 1.807) is 18.2 Å². The van der Waals surface area contributed by atoms with E-state index in [1.165, 1.54) is 25.7 Å². The molecule has 0 atom stereocenters. The van der Waals surface area contributed by atoms with Gasteiger partial charge in [0, 0.05) is 17.7 Å². The molecule has 1 saturated carbocycles. The maximum absolute atomic E-state index is 10.6. The van der Waals surface area contributed by atoms with Crippen molar-refractivity contribution in [3.05, 3.63) is 39.9 Å². The fraction of sp³-hybridized carbons (Fsp3) is 0.500. The third kappa shape index (κ3) is 2.79. The van der Waals surface area contributed by atoms with E-state index in [1.807, 2.05) is 6.07 Å². The number of nitro benzene ring substituents is 1. The first-order valence-electron chi connectivity index (χ1n) is 5.82. The monoisotopic (exact) mass is 221 g/mol. The summed E-state index contributed by atoms with van der Waals surface area (Å²) in [7, 11) is 0. The van der Waals surface area contributed by atoms with Crippen molar-refractivity contribution in [3.8, 4) is 0 Å². The van der Waals surface area contributed by atoms with Crippen LogP contribution in [0.4, 0.5) is 5.69 Å². The molecule has 0 saturated heterocycles. The summed E-state index contributed by atoms with van der Waals surface area (Å²) in [5.74, 6) is 0. The Hall–Kier alpha value is -1.42. The molecule has 0 bridgehead atoms. The average Bonchev–Trinajstić information content (AvgIpc) is 2.79. The van der Waals surface area contributed by atoms with Gasteiger partial charge in [-0.05, 0) is 25.7 Å². The molecule has 0 aliphatic heterocycles. The van der Waals surface area contributed by atoms with Crippen LogP contribution in [-0.4, -0.2) is 11.0 Å². The minimum absolute atomic E-state index is 0.192. The first-order valence-corrected chi connectivity index (χ1v) is 5.82. The summed E-state index contributed by atoms with van der Waals surface area (Å²) in [6.07, 6.45) is 5.23. The molecule has 0 radical (unpaired) electrons. The first-order chi connectivity index (χ1) is 7.75. The van der Waals surface area contributed by atoms with Gasteiger partial charge in [0.05, 0.1) is 11.0 Å². The van der Waals surface area contributed by atoms with Crippen LogP contribution in [0.15, 0.2) is 24.3 Å². The van der Waals surface area contributed by atoms with Crippen molar-refractivity contribution in [2.24, 2.45) is 0 Å². The Morgan fingerprint density at radius 2 is 2.12 bits per heavy atom. The van der Waals surface area contributed by atoms with E-state index in [0.29, 0.717) is 0 Å². The predicted molar refractivity (Wildman–Crippen MR) is 61.0 cm³/mol. The number of benzene rings is 1. The number of nitrogens with two attached hydrogens (primary N) is 1. The predicted octanol–water partition coefficient (Wildman–Crippen LogP) is 1.60. The molecule has 0 heterocycles. The van der Waals surface area contributed by atoms with Crippen LogP contribution in [0.1, 0.15) is 31.2 Å². The smallest absolute Gasteiger partial charge is 0.269 e. The summed E-state index contributed by atoms with van der Waals surface area (Å²) in [5.41, 5.74) is 1.23. The van der Waals surface area contributed by atoms with E-state index < -0.39 is 0 Å². The molecule has 2 N–H and O–H groups in total. The molecular weight excluding hydrogens is 204 g/mol. The Kier molecular flexibility index (Phi) is 3.51. The Balaban J connectivity index is 1.93. The highest BCUT2D eigenvalue weighted by Gasteiger charge is 2.17. The van der Waals surface area contributed by atoms with Crippen molar-refractivity contribution in [1.82, 2.24) is 0 Å². The third-order valence-corrected chi connectivity index (χ3v) is 3.21. The molecule has 0 unspecified atom stereocenters. The van der Waals surface area contributed by atoms with E-state index in [4.69, 9.17) is 0 Å². The lowest BCUT2D eigenvalue weighted by Crippen LogP contribution is -2.87. The van der Waals surface area contributed by atoms with Crippen LogP contribution in [0.2, 0.25) is 0 Å². The molecule has 4 heteroatoms. The highest BCUT2D eigenvalue weighted by atomic mass is 16.6. The quantitative estimate of drug-likeness (QED) is 0.620. The number of nitro groups is 1. The zero-order chi connectivity index (χ0) is 11.4. The molecule has 1 aromatic carbocycles.